The Kier molecular flexibility index (Phi) is 5.84. The van der Waals surface area contributed by atoms with Crippen molar-refractivity contribution in [2.75, 3.05) is 32.7 Å². The van der Waals surface area contributed by atoms with Crippen LogP contribution in [0.4, 0.5) is 4.79 Å². The van der Waals surface area contributed by atoms with E-state index in [0.717, 1.165) is 26.2 Å². The van der Waals surface area contributed by atoms with Crippen molar-refractivity contribution in [3.63, 3.8) is 0 Å². The van der Waals surface area contributed by atoms with Crippen LogP contribution in [-0.2, 0) is 0 Å². The van der Waals surface area contributed by atoms with Crippen LogP contribution in [0, 0.1) is 5.41 Å². The SMILES string of the molecule is CC(C)(C)[C@]1(C)CN(C2CN(C(c3ccccc3)c3ccccc3)C2)CCN1C(=O)O. The summed E-state index contributed by atoms with van der Waals surface area (Å²) in [6, 6.07) is 22.2. The molecular formula is C26H35N3O2. The monoisotopic (exact) mass is 421 g/mol. The molecule has 31 heavy (non-hydrogen) atoms. The molecule has 1 atom stereocenters. The molecule has 2 aromatic carbocycles. The molecular weight excluding hydrogens is 386 g/mol. The van der Waals surface area contributed by atoms with Crippen molar-refractivity contribution in [2.24, 2.45) is 5.41 Å². The van der Waals surface area contributed by atoms with Gasteiger partial charge in [0.2, 0.25) is 0 Å². The number of nitrogens with zero attached hydrogens (tertiary/aromatic N) is 3. The van der Waals surface area contributed by atoms with Crippen LogP contribution in [0.3, 0.4) is 0 Å². The Morgan fingerprint density at radius 2 is 1.48 bits per heavy atom. The number of carboxylic acid groups (broad SMARTS) is 1. The van der Waals surface area contributed by atoms with E-state index >= 15 is 0 Å². The smallest absolute Gasteiger partial charge is 0.407 e. The minimum atomic E-state index is -0.805. The number of likely N-dealkylation sites (tertiary alicyclic amines) is 1. The molecule has 0 aliphatic carbocycles. The number of piperazine rings is 1. The van der Waals surface area contributed by atoms with Crippen LogP contribution in [0.1, 0.15) is 44.9 Å². The Balaban J connectivity index is 1.50. The van der Waals surface area contributed by atoms with Gasteiger partial charge in [-0.25, -0.2) is 4.79 Å². The largest absolute Gasteiger partial charge is 0.465 e. The zero-order valence-corrected chi connectivity index (χ0v) is 19.2. The van der Waals surface area contributed by atoms with Crippen LogP contribution in [0.2, 0.25) is 0 Å². The Morgan fingerprint density at radius 3 is 1.94 bits per heavy atom. The van der Waals surface area contributed by atoms with E-state index in [1.54, 1.807) is 4.90 Å². The first-order chi connectivity index (χ1) is 14.7. The van der Waals surface area contributed by atoms with E-state index in [-0.39, 0.29) is 11.5 Å². The molecule has 1 N–H and O–H groups in total. The Bertz CT molecular complexity index is 850. The molecule has 2 aromatic rings. The normalized spacial score (nSPS) is 23.7. The summed E-state index contributed by atoms with van der Waals surface area (Å²) >= 11 is 0. The lowest BCUT2D eigenvalue weighted by Crippen LogP contribution is -2.72. The van der Waals surface area contributed by atoms with Gasteiger partial charge in [0.1, 0.15) is 0 Å². The Morgan fingerprint density at radius 1 is 0.968 bits per heavy atom. The highest BCUT2D eigenvalue weighted by Crippen LogP contribution is 2.40. The molecule has 5 nitrogen and oxygen atoms in total. The molecule has 2 fully saturated rings. The molecule has 2 aliphatic rings. The average Bonchev–Trinajstić information content (AvgIpc) is 2.70. The predicted molar refractivity (Wildman–Crippen MR) is 124 cm³/mol. The fourth-order valence-electron chi connectivity index (χ4n) is 5.11. The first-order valence-electron chi connectivity index (χ1n) is 11.3. The van der Waals surface area contributed by atoms with Gasteiger partial charge in [-0.15, -0.1) is 0 Å². The molecule has 2 aliphatic heterocycles. The van der Waals surface area contributed by atoms with Gasteiger partial charge in [-0.3, -0.25) is 14.7 Å². The van der Waals surface area contributed by atoms with Crippen molar-refractivity contribution in [3.8, 4) is 0 Å². The van der Waals surface area contributed by atoms with E-state index in [1.165, 1.54) is 11.1 Å². The fourth-order valence-corrected chi connectivity index (χ4v) is 5.11. The maximum atomic E-state index is 11.9. The topological polar surface area (TPSA) is 47.0 Å². The summed E-state index contributed by atoms with van der Waals surface area (Å²) in [5, 5.41) is 9.80. The van der Waals surface area contributed by atoms with Crippen molar-refractivity contribution in [1.29, 1.82) is 0 Å². The standard InChI is InChI=1S/C26H35N3O2/c1-25(2,3)26(4)19-27(15-16-29(26)24(30)31)22-17-28(18-22)23(20-11-7-5-8-12-20)21-13-9-6-10-14-21/h5-14,22-23H,15-19H2,1-4H3,(H,30,31)/t26-/m0/s1. The lowest BCUT2D eigenvalue weighted by molar-refractivity contribution is -0.0833. The molecule has 0 saturated carbocycles. The molecule has 0 bridgehead atoms. The summed E-state index contributed by atoms with van der Waals surface area (Å²) in [5.41, 5.74) is 2.10. The predicted octanol–water partition coefficient (Wildman–Crippen LogP) is 4.56. The lowest BCUT2D eigenvalue weighted by atomic mass is 9.72. The molecule has 0 unspecified atom stereocenters. The van der Waals surface area contributed by atoms with Crippen LogP contribution in [0.5, 0.6) is 0 Å². The zero-order valence-electron chi connectivity index (χ0n) is 19.2. The molecule has 166 valence electrons. The third-order valence-electron chi connectivity index (χ3n) is 7.57. The van der Waals surface area contributed by atoms with Crippen molar-refractivity contribution in [2.45, 2.75) is 45.3 Å². The number of hydrogen-bond acceptors (Lipinski definition) is 3. The van der Waals surface area contributed by atoms with Crippen molar-refractivity contribution in [3.05, 3.63) is 71.8 Å². The van der Waals surface area contributed by atoms with Gasteiger partial charge >= 0.3 is 6.09 Å². The average molecular weight is 422 g/mol. The van der Waals surface area contributed by atoms with E-state index in [4.69, 9.17) is 0 Å². The summed E-state index contributed by atoms with van der Waals surface area (Å²) in [4.78, 5) is 18.7. The highest BCUT2D eigenvalue weighted by Gasteiger charge is 2.51. The lowest BCUT2D eigenvalue weighted by Gasteiger charge is -2.58. The third-order valence-corrected chi connectivity index (χ3v) is 7.57. The Hall–Kier alpha value is -2.37. The first-order valence-corrected chi connectivity index (χ1v) is 11.3. The van der Waals surface area contributed by atoms with Gasteiger partial charge in [-0.05, 0) is 23.5 Å². The Labute approximate surface area is 186 Å². The molecule has 0 aromatic heterocycles. The molecule has 0 spiro atoms. The van der Waals surface area contributed by atoms with Crippen molar-refractivity contribution < 1.29 is 9.90 Å². The highest BCUT2D eigenvalue weighted by molar-refractivity contribution is 5.66. The molecule has 2 heterocycles. The number of rotatable bonds is 4. The summed E-state index contributed by atoms with van der Waals surface area (Å²) in [6.45, 7) is 12.7. The summed E-state index contributed by atoms with van der Waals surface area (Å²) in [7, 11) is 0. The molecule has 5 heteroatoms. The molecule has 0 radical (unpaired) electrons. The summed E-state index contributed by atoms with van der Waals surface area (Å²) < 4.78 is 0. The summed E-state index contributed by atoms with van der Waals surface area (Å²) in [6.07, 6.45) is -0.805. The zero-order chi connectivity index (χ0) is 22.2. The van der Waals surface area contributed by atoms with Gasteiger partial charge < -0.3 is 5.11 Å². The van der Waals surface area contributed by atoms with Gasteiger partial charge in [-0.1, -0.05) is 81.4 Å². The van der Waals surface area contributed by atoms with E-state index in [1.807, 2.05) is 0 Å². The fraction of sp³-hybridized carbons (Fsp3) is 0.500. The van der Waals surface area contributed by atoms with Crippen molar-refractivity contribution >= 4 is 6.09 Å². The van der Waals surface area contributed by atoms with Gasteiger partial charge in [0, 0.05) is 38.8 Å². The maximum absolute atomic E-state index is 11.9. The van der Waals surface area contributed by atoms with Gasteiger partial charge in [0.05, 0.1) is 11.6 Å². The van der Waals surface area contributed by atoms with Crippen LogP contribution < -0.4 is 0 Å². The number of carbonyl (C=O) groups is 1. The number of amides is 1. The second-order valence-electron chi connectivity index (χ2n) is 10.3. The number of benzene rings is 2. The van der Waals surface area contributed by atoms with Gasteiger partial charge in [0.15, 0.2) is 0 Å². The van der Waals surface area contributed by atoms with Gasteiger partial charge in [0.25, 0.3) is 0 Å². The van der Waals surface area contributed by atoms with E-state index in [2.05, 4.69) is 98.2 Å². The van der Waals surface area contributed by atoms with E-state index in [9.17, 15) is 9.90 Å². The van der Waals surface area contributed by atoms with Crippen LogP contribution in [-0.4, -0.2) is 70.2 Å². The van der Waals surface area contributed by atoms with Crippen LogP contribution in [0.15, 0.2) is 60.7 Å². The quantitative estimate of drug-likeness (QED) is 0.786. The third kappa shape index (κ3) is 4.09. The highest BCUT2D eigenvalue weighted by atomic mass is 16.4. The molecule has 4 rings (SSSR count). The van der Waals surface area contributed by atoms with E-state index in [0.29, 0.717) is 12.6 Å². The summed E-state index contributed by atoms with van der Waals surface area (Å²) in [5.74, 6) is 0. The van der Waals surface area contributed by atoms with Gasteiger partial charge in [-0.2, -0.15) is 0 Å². The first kappa shape index (κ1) is 21.8. The van der Waals surface area contributed by atoms with Crippen LogP contribution >= 0.6 is 0 Å². The maximum Gasteiger partial charge on any atom is 0.407 e. The van der Waals surface area contributed by atoms with Crippen LogP contribution in [0.25, 0.3) is 0 Å². The van der Waals surface area contributed by atoms with Crippen molar-refractivity contribution in [1.82, 2.24) is 14.7 Å². The second kappa shape index (κ2) is 8.29. The molecule has 1 amide bonds. The molecule has 2 saturated heterocycles. The number of hydrogen-bond donors (Lipinski definition) is 1. The minimum absolute atomic E-state index is 0.135. The second-order valence-corrected chi connectivity index (χ2v) is 10.3. The minimum Gasteiger partial charge on any atom is -0.465 e. The van der Waals surface area contributed by atoms with E-state index < -0.39 is 11.6 Å².